The molecule has 0 aliphatic rings. The van der Waals surface area contributed by atoms with E-state index in [0.29, 0.717) is 22.3 Å². The van der Waals surface area contributed by atoms with Gasteiger partial charge in [0.2, 0.25) is 0 Å². The van der Waals surface area contributed by atoms with Crippen molar-refractivity contribution in [3.8, 4) is 11.4 Å². The Morgan fingerprint density at radius 3 is 2.62 bits per heavy atom. The largest absolute Gasteiger partial charge is 0.302 e. The van der Waals surface area contributed by atoms with E-state index in [-0.39, 0.29) is 5.82 Å². The monoisotopic (exact) mass is 381 g/mol. The van der Waals surface area contributed by atoms with Crippen LogP contribution in [0.25, 0.3) is 11.4 Å². The SMILES string of the molecule is CCn1c(SCc2cccc(F)c2)nnc1-c1ccc(Cl)c(Cl)c1. The summed E-state index contributed by atoms with van der Waals surface area (Å²) in [5.41, 5.74) is 1.76. The molecule has 3 nitrogen and oxygen atoms in total. The zero-order valence-electron chi connectivity index (χ0n) is 12.8. The van der Waals surface area contributed by atoms with Gasteiger partial charge in [0.05, 0.1) is 10.0 Å². The van der Waals surface area contributed by atoms with E-state index in [2.05, 4.69) is 10.2 Å². The zero-order valence-corrected chi connectivity index (χ0v) is 15.2. The third kappa shape index (κ3) is 3.74. The number of thioether (sulfide) groups is 1. The van der Waals surface area contributed by atoms with Crippen LogP contribution in [-0.4, -0.2) is 14.8 Å². The molecule has 0 aliphatic carbocycles. The number of aromatic nitrogens is 3. The number of nitrogens with zero attached hydrogens (tertiary/aromatic N) is 3. The molecule has 124 valence electrons. The molecule has 2 aromatic carbocycles. The highest BCUT2D eigenvalue weighted by Crippen LogP contribution is 2.30. The maximum atomic E-state index is 13.3. The summed E-state index contributed by atoms with van der Waals surface area (Å²) in [7, 11) is 0. The molecule has 1 aromatic heterocycles. The first kappa shape index (κ1) is 17.3. The van der Waals surface area contributed by atoms with E-state index in [1.54, 1.807) is 18.2 Å². The summed E-state index contributed by atoms with van der Waals surface area (Å²) in [6.45, 7) is 2.74. The van der Waals surface area contributed by atoms with Crippen LogP contribution in [-0.2, 0) is 12.3 Å². The molecule has 0 atom stereocenters. The van der Waals surface area contributed by atoms with E-state index in [1.807, 2.05) is 23.6 Å². The maximum Gasteiger partial charge on any atom is 0.191 e. The van der Waals surface area contributed by atoms with E-state index < -0.39 is 0 Å². The van der Waals surface area contributed by atoms with Crippen LogP contribution in [0, 0.1) is 5.82 Å². The fraction of sp³-hybridized carbons (Fsp3) is 0.176. The third-order valence-electron chi connectivity index (χ3n) is 3.47. The lowest BCUT2D eigenvalue weighted by atomic mass is 10.2. The van der Waals surface area contributed by atoms with E-state index in [4.69, 9.17) is 23.2 Å². The van der Waals surface area contributed by atoms with Gasteiger partial charge in [-0.25, -0.2) is 4.39 Å². The zero-order chi connectivity index (χ0) is 17.1. The quantitative estimate of drug-likeness (QED) is 0.530. The van der Waals surface area contributed by atoms with Gasteiger partial charge in [-0.05, 0) is 42.8 Å². The molecule has 0 fully saturated rings. The Hall–Kier alpha value is -1.56. The molecule has 3 rings (SSSR count). The van der Waals surface area contributed by atoms with Crippen molar-refractivity contribution in [2.75, 3.05) is 0 Å². The standard InChI is InChI=1S/C17H14Cl2FN3S/c1-2-23-16(12-6-7-14(18)15(19)9-12)21-22-17(23)24-10-11-4-3-5-13(20)8-11/h3-9H,2,10H2,1H3. The smallest absolute Gasteiger partial charge is 0.191 e. The van der Waals surface area contributed by atoms with Crippen molar-refractivity contribution in [1.29, 1.82) is 0 Å². The number of benzene rings is 2. The molecule has 0 spiro atoms. The van der Waals surface area contributed by atoms with Gasteiger partial charge in [0.1, 0.15) is 5.82 Å². The van der Waals surface area contributed by atoms with Crippen molar-refractivity contribution in [3.63, 3.8) is 0 Å². The maximum absolute atomic E-state index is 13.3. The van der Waals surface area contributed by atoms with E-state index >= 15 is 0 Å². The average molecular weight is 382 g/mol. The predicted octanol–water partition coefficient (Wildman–Crippen LogP) is 5.70. The Balaban J connectivity index is 1.85. The van der Waals surface area contributed by atoms with Gasteiger partial charge in [-0.3, -0.25) is 0 Å². The van der Waals surface area contributed by atoms with Crippen LogP contribution < -0.4 is 0 Å². The van der Waals surface area contributed by atoms with Gasteiger partial charge in [-0.1, -0.05) is 47.1 Å². The normalized spacial score (nSPS) is 11.0. The van der Waals surface area contributed by atoms with Crippen LogP contribution in [0.5, 0.6) is 0 Å². The van der Waals surface area contributed by atoms with Crippen molar-refractivity contribution in [1.82, 2.24) is 14.8 Å². The highest BCUT2D eigenvalue weighted by atomic mass is 35.5. The molecule has 0 N–H and O–H groups in total. The Bertz CT molecular complexity index is 867. The lowest BCUT2D eigenvalue weighted by Crippen LogP contribution is -2.00. The second kappa shape index (κ2) is 7.55. The Kier molecular flexibility index (Phi) is 5.43. The van der Waals surface area contributed by atoms with Crippen LogP contribution >= 0.6 is 35.0 Å². The molecular formula is C17H14Cl2FN3S. The Morgan fingerprint density at radius 1 is 1.08 bits per heavy atom. The summed E-state index contributed by atoms with van der Waals surface area (Å²) < 4.78 is 15.3. The first-order valence-corrected chi connectivity index (χ1v) is 9.08. The van der Waals surface area contributed by atoms with Crippen LogP contribution in [0.3, 0.4) is 0 Å². The minimum Gasteiger partial charge on any atom is -0.302 e. The molecule has 0 unspecified atom stereocenters. The Morgan fingerprint density at radius 2 is 1.92 bits per heavy atom. The molecule has 0 bridgehead atoms. The Labute approximate surface area is 153 Å². The summed E-state index contributed by atoms with van der Waals surface area (Å²) in [5, 5.41) is 10.3. The fourth-order valence-corrected chi connectivity index (χ4v) is 3.55. The first-order valence-electron chi connectivity index (χ1n) is 7.34. The molecule has 0 saturated heterocycles. The van der Waals surface area contributed by atoms with E-state index in [0.717, 1.165) is 22.1 Å². The van der Waals surface area contributed by atoms with Crippen LogP contribution in [0.15, 0.2) is 47.6 Å². The second-order valence-electron chi connectivity index (χ2n) is 5.10. The van der Waals surface area contributed by atoms with Gasteiger partial charge in [0.25, 0.3) is 0 Å². The topological polar surface area (TPSA) is 30.7 Å². The second-order valence-corrected chi connectivity index (χ2v) is 6.85. The van der Waals surface area contributed by atoms with Crippen molar-refractivity contribution in [2.24, 2.45) is 0 Å². The number of rotatable bonds is 5. The molecule has 3 aromatic rings. The summed E-state index contributed by atoms with van der Waals surface area (Å²) in [6.07, 6.45) is 0. The van der Waals surface area contributed by atoms with Crippen LogP contribution in [0.4, 0.5) is 4.39 Å². The molecule has 0 aliphatic heterocycles. The number of halogens is 3. The molecule has 0 radical (unpaired) electrons. The van der Waals surface area contributed by atoms with Gasteiger partial charge in [-0.15, -0.1) is 10.2 Å². The fourth-order valence-electron chi connectivity index (χ4n) is 2.30. The predicted molar refractivity (Wildman–Crippen MR) is 97.1 cm³/mol. The summed E-state index contributed by atoms with van der Waals surface area (Å²) in [4.78, 5) is 0. The van der Waals surface area contributed by atoms with Gasteiger partial charge in [0.15, 0.2) is 11.0 Å². The van der Waals surface area contributed by atoms with Crippen LogP contribution in [0.1, 0.15) is 12.5 Å². The van der Waals surface area contributed by atoms with Crippen molar-refractivity contribution in [2.45, 2.75) is 24.4 Å². The van der Waals surface area contributed by atoms with Crippen LogP contribution in [0.2, 0.25) is 10.0 Å². The summed E-state index contributed by atoms with van der Waals surface area (Å²) in [5.74, 6) is 1.12. The number of hydrogen-bond donors (Lipinski definition) is 0. The van der Waals surface area contributed by atoms with Gasteiger partial charge >= 0.3 is 0 Å². The highest BCUT2D eigenvalue weighted by Gasteiger charge is 2.14. The van der Waals surface area contributed by atoms with Crippen molar-refractivity contribution < 1.29 is 4.39 Å². The number of hydrogen-bond acceptors (Lipinski definition) is 3. The van der Waals surface area contributed by atoms with E-state index in [1.165, 1.54) is 23.9 Å². The molecule has 24 heavy (non-hydrogen) atoms. The van der Waals surface area contributed by atoms with Gasteiger partial charge in [-0.2, -0.15) is 0 Å². The highest BCUT2D eigenvalue weighted by molar-refractivity contribution is 7.98. The third-order valence-corrected chi connectivity index (χ3v) is 5.24. The molecular weight excluding hydrogens is 368 g/mol. The minimum absolute atomic E-state index is 0.235. The minimum atomic E-state index is -0.235. The van der Waals surface area contributed by atoms with Crippen molar-refractivity contribution >= 4 is 35.0 Å². The lowest BCUT2D eigenvalue weighted by Gasteiger charge is -2.08. The molecule has 0 saturated carbocycles. The lowest BCUT2D eigenvalue weighted by molar-refractivity contribution is 0.626. The molecule has 7 heteroatoms. The van der Waals surface area contributed by atoms with E-state index in [9.17, 15) is 4.39 Å². The average Bonchev–Trinajstić information content (AvgIpc) is 2.98. The summed E-state index contributed by atoms with van der Waals surface area (Å²) >= 11 is 13.6. The summed E-state index contributed by atoms with van der Waals surface area (Å²) in [6, 6.07) is 11.9. The van der Waals surface area contributed by atoms with Crippen molar-refractivity contribution in [3.05, 3.63) is 63.9 Å². The molecule has 1 heterocycles. The molecule has 0 amide bonds. The van der Waals surface area contributed by atoms with Gasteiger partial charge in [0, 0.05) is 17.9 Å². The first-order chi connectivity index (χ1) is 11.6. The van der Waals surface area contributed by atoms with Gasteiger partial charge < -0.3 is 4.57 Å².